The van der Waals surface area contributed by atoms with E-state index in [9.17, 15) is 13.2 Å². The molecule has 0 aliphatic rings. The van der Waals surface area contributed by atoms with Gasteiger partial charge in [-0.1, -0.05) is 60.7 Å². The van der Waals surface area contributed by atoms with Crippen molar-refractivity contribution in [3.63, 3.8) is 0 Å². The maximum absolute atomic E-state index is 12.4. The lowest BCUT2D eigenvalue weighted by Gasteiger charge is -2.12. The van der Waals surface area contributed by atoms with Crippen LogP contribution < -0.4 is 4.74 Å². The van der Waals surface area contributed by atoms with E-state index in [1.54, 1.807) is 12.1 Å². The maximum atomic E-state index is 12.4. The van der Waals surface area contributed by atoms with Crippen LogP contribution in [0.15, 0.2) is 85.1 Å². The normalized spacial score (nSPS) is 11.7. The first-order valence-corrected chi connectivity index (χ1v) is 8.47. The SMILES string of the molecule is FC(F)(F)Oc1ccc(-c2cccc3ccn(Cc4ccccc4)c23)cc1. The predicted octanol–water partition coefficient (Wildman–Crippen LogP) is 6.26. The van der Waals surface area contributed by atoms with Gasteiger partial charge in [-0.3, -0.25) is 0 Å². The molecule has 0 amide bonds. The van der Waals surface area contributed by atoms with Crippen molar-refractivity contribution in [1.82, 2.24) is 4.57 Å². The highest BCUT2D eigenvalue weighted by molar-refractivity contribution is 5.94. The molecule has 0 aliphatic carbocycles. The van der Waals surface area contributed by atoms with Crippen molar-refractivity contribution >= 4 is 10.9 Å². The van der Waals surface area contributed by atoms with Crippen molar-refractivity contribution in [2.45, 2.75) is 12.9 Å². The van der Waals surface area contributed by atoms with Crippen LogP contribution in [0.3, 0.4) is 0 Å². The smallest absolute Gasteiger partial charge is 0.406 e. The highest BCUT2D eigenvalue weighted by Gasteiger charge is 2.31. The van der Waals surface area contributed by atoms with E-state index < -0.39 is 6.36 Å². The molecule has 27 heavy (non-hydrogen) atoms. The number of para-hydroxylation sites is 1. The molecule has 0 bridgehead atoms. The summed E-state index contributed by atoms with van der Waals surface area (Å²) < 4.78 is 43.2. The van der Waals surface area contributed by atoms with Gasteiger partial charge in [0, 0.05) is 23.7 Å². The van der Waals surface area contributed by atoms with Crippen LogP contribution in [0, 0.1) is 0 Å². The van der Waals surface area contributed by atoms with Gasteiger partial charge in [-0.2, -0.15) is 0 Å². The summed E-state index contributed by atoms with van der Waals surface area (Å²) in [6.07, 6.45) is -2.66. The highest BCUT2D eigenvalue weighted by Crippen LogP contribution is 2.32. The van der Waals surface area contributed by atoms with E-state index in [0.717, 1.165) is 28.6 Å². The molecule has 4 rings (SSSR count). The molecule has 136 valence electrons. The molecule has 1 aromatic heterocycles. The molecule has 0 aliphatic heterocycles. The van der Waals surface area contributed by atoms with E-state index in [2.05, 4.69) is 21.4 Å². The molecule has 0 N–H and O–H groups in total. The van der Waals surface area contributed by atoms with Gasteiger partial charge in [-0.25, -0.2) is 0 Å². The molecular formula is C22H16F3NO. The summed E-state index contributed by atoms with van der Waals surface area (Å²) in [5.74, 6) is -0.224. The van der Waals surface area contributed by atoms with Gasteiger partial charge >= 0.3 is 6.36 Å². The number of alkyl halides is 3. The number of hydrogen-bond donors (Lipinski definition) is 0. The second kappa shape index (κ2) is 6.83. The van der Waals surface area contributed by atoms with Gasteiger partial charge in [-0.15, -0.1) is 13.2 Å². The summed E-state index contributed by atoms with van der Waals surface area (Å²) in [5, 5.41) is 1.08. The Morgan fingerprint density at radius 2 is 1.52 bits per heavy atom. The van der Waals surface area contributed by atoms with Gasteiger partial charge < -0.3 is 9.30 Å². The van der Waals surface area contributed by atoms with E-state index in [-0.39, 0.29) is 5.75 Å². The summed E-state index contributed by atoms with van der Waals surface area (Å²) >= 11 is 0. The van der Waals surface area contributed by atoms with E-state index in [1.807, 2.05) is 48.7 Å². The van der Waals surface area contributed by atoms with Crippen LogP contribution in [-0.4, -0.2) is 10.9 Å². The fraction of sp³-hybridized carbons (Fsp3) is 0.0909. The predicted molar refractivity (Wildman–Crippen MR) is 99.6 cm³/mol. The average molecular weight is 367 g/mol. The molecule has 0 spiro atoms. The summed E-state index contributed by atoms with van der Waals surface area (Å²) in [5.41, 5.74) is 4.03. The van der Waals surface area contributed by atoms with Gasteiger partial charge in [0.15, 0.2) is 0 Å². The zero-order valence-electron chi connectivity index (χ0n) is 14.3. The van der Waals surface area contributed by atoms with Crippen LogP contribution in [0.25, 0.3) is 22.0 Å². The Morgan fingerprint density at radius 1 is 0.778 bits per heavy atom. The molecule has 0 atom stereocenters. The topological polar surface area (TPSA) is 14.2 Å². The summed E-state index contributed by atoms with van der Waals surface area (Å²) in [7, 11) is 0. The molecular weight excluding hydrogens is 351 g/mol. The van der Waals surface area contributed by atoms with Crippen molar-refractivity contribution in [3.8, 4) is 16.9 Å². The first-order chi connectivity index (χ1) is 13.0. The van der Waals surface area contributed by atoms with E-state index in [4.69, 9.17) is 0 Å². The fourth-order valence-electron chi connectivity index (χ4n) is 3.24. The van der Waals surface area contributed by atoms with Crippen LogP contribution in [0.1, 0.15) is 5.56 Å². The monoisotopic (exact) mass is 367 g/mol. The highest BCUT2D eigenvalue weighted by atomic mass is 19.4. The zero-order chi connectivity index (χ0) is 18.9. The molecule has 2 nitrogen and oxygen atoms in total. The Labute approximate surface area is 154 Å². The van der Waals surface area contributed by atoms with Gasteiger partial charge in [0.25, 0.3) is 0 Å². The van der Waals surface area contributed by atoms with E-state index >= 15 is 0 Å². The number of benzene rings is 3. The Balaban J connectivity index is 1.72. The quantitative estimate of drug-likeness (QED) is 0.415. The van der Waals surface area contributed by atoms with Gasteiger partial charge in [0.05, 0.1) is 5.52 Å². The maximum Gasteiger partial charge on any atom is 0.573 e. The molecule has 0 saturated heterocycles. The third-order valence-corrected chi connectivity index (χ3v) is 4.38. The largest absolute Gasteiger partial charge is 0.573 e. The minimum atomic E-state index is -4.69. The third-order valence-electron chi connectivity index (χ3n) is 4.38. The van der Waals surface area contributed by atoms with E-state index in [1.165, 1.54) is 17.7 Å². The number of ether oxygens (including phenoxy) is 1. The number of fused-ring (bicyclic) bond motifs is 1. The molecule has 1 heterocycles. The van der Waals surface area contributed by atoms with Gasteiger partial charge in [0.1, 0.15) is 5.75 Å². The second-order valence-corrected chi connectivity index (χ2v) is 6.24. The number of nitrogens with zero attached hydrogens (tertiary/aromatic N) is 1. The zero-order valence-corrected chi connectivity index (χ0v) is 14.3. The van der Waals surface area contributed by atoms with Crippen molar-refractivity contribution in [2.24, 2.45) is 0 Å². The summed E-state index contributed by atoms with van der Waals surface area (Å²) in [6, 6.07) is 24.1. The molecule has 5 heteroatoms. The Kier molecular flexibility index (Phi) is 4.36. The Morgan fingerprint density at radius 3 is 2.22 bits per heavy atom. The van der Waals surface area contributed by atoms with Gasteiger partial charge in [-0.05, 0) is 29.3 Å². The molecule has 4 aromatic rings. The lowest BCUT2D eigenvalue weighted by Crippen LogP contribution is -2.16. The molecule has 0 radical (unpaired) electrons. The Bertz CT molecular complexity index is 1050. The molecule has 0 fully saturated rings. The second-order valence-electron chi connectivity index (χ2n) is 6.24. The van der Waals surface area contributed by atoms with Gasteiger partial charge in [0.2, 0.25) is 0 Å². The number of aromatic nitrogens is 1. The molecule has 3 aromatic carbocycles. The van der Waals surface area contributed by atoms with Crippen LogP contribution in [0.2, 0.25) is 0 Å². The van der Waals surface area contributed by atoms with Crippen molar-refractivity contribution < 1.29 is 17.9 Å². The Hall–Kier alpha value is -3.21. The lowest BCUT2D eigenvalue weighted by atomic mass is 10.0. The van der Waals surface area contributed by atoms with Crippen LogP contribution in [0.5, 0.6) is 5.75 Å². The first kappa shape index (κ1) is 17.2. The minimum Gasteiger partial charge on any atom is -0.406 e. The fourth-order valence-corrected chi connectivity index (χ4v) is 3.24. The van der Waals surface area contributed by atoms with Crippen molar-refractivity contribution in [2.75, 3.05) is 0 Å². The minimum absolute atomic E-state index is 0.224. The number of rotatable bonds is 4. The molecule has 0 unspecified atom stereocenters. The lowest BCUT2D eigenvalue weighted by molar-refractivity contribution is -0.274. The average Bonchev–Trinajstić information content (AvgIpc) is 3.05. The standard InChI is InChI=1S/C22H16F3NO/c23-22(24,25)27-19-11-9-17(10-12-19)20-8-4-7-18-13-14-26(21(18)20)15-16-5-2-1-3-6-16/h1-14H,15H2. The van der Waals surface area contributed by atoms with Crippen molar-refractivity contribution in [1.29, 1.82) is 0 Å². The number of hydrogen-bond acceptors (Lipinski definition) is 1. The van der Waals surface area contributed by atoms with Crippen LogP contribution in [-0.2, 0) is 6.54 Å². The first-order valence-electron chi connectivity index (χ1n) is 8.47. The van der Waals surface area contributed by atoms with Crippen LogP contribution in [0.4, 0.5) is 13.2 Å². The number of halogens is 3. The van der Waals surface area contributed by atoms with Crippen LogP contribution >= 0.6 is 0 Å². The van der Waals surface area contributed by atoms with E-state index in [0.29, 0.717) is 0 Å². The summed E-state index contributed by atoms with van der Waals surface area (Å²) in [4.78, 5) is 0. The summed E-state index contributed by atoms with van der Waals surface area (Å²) in [6.45, 7) is 0.719. The molecule has 0 saturated carbocycles. The van der Waals surface area contributed by atoms with Crippen molar-refractivity contribution in [3.05, 3.63) is 90.6 Å². The third kappa shape index (κ3) is 3.82.